The Morgan fingerprint density at radius 1 is 1.46 bits per heavy atom. The zero-order valence-electron chi connectivity index (χ0n) is 13.8. The summed E-state index contributed by atoms with van der Waals surface area (Å²) in [6.45, 7) is 2.93. The monoisotopic (exact) mass is 351 g/mol. The number of carbonyl (C=O) groups excluding carboxylic acids is 1. The van der Waals surface area contributed by atoms with Gasteiger partial charge in [0.1, 0.15) is 5.82 Å². The maximum atomic E-state index is 13.3. The van der Waals surface area contributed by atoms with Crippen LogP contribution in [0, 0.1) is 11.7 Å². The zero-order chi connectivity index (χ0) is 16.9. The van der Waals surface area contributed by atoms with Crippen molar-refractivity contribution in [2.75, 3.05) is 38.3 Å². The molecule has 1 aliphatic heterocycles. The number of piperidine rings is 1. The van der Waals surface area contributed by atoms with Gasteiger partial charge in [0, 0.05) is 39.3 Å². The van der Waals surface area contributed by atoms with Crippen molar-refractivity contribution in [3.05, 3.63) is 24.0 Å². The first-order valence-electron chi connectivity index (χ1n) is 8.25. The molecule has 1 saturated heterocycles. The predicted molar refractivity (Wildman–Crippen MR) is 94.0 cm³/mol. The molecule has 0 atom stereocenters. The van der Waals surface area contributed by atoms with Crippen LogP contribution in [0.15, 0.2) is 18.2 Å². The minimum atomic E-state index is -0.235. The van der Waals surface area contributed by atoms with Gasteiger partial charge >= 0.3 is 0 Å². The molecule has 2 aromatic rings. The molecule has 7 heteroatoms. The topological polar surface area (TPSA) is 54.5 Å². The fourth-order valence-corrected chi connectivity index (χ4v) is 3.97. The molecular formula is C17H22FN3O2S. The quantitative estimate of drug-likeness (QED) is 0.813. The van der Waals surface area contributed by atoms with Crippen LogP contribution >= 0.6 is 11.3 Å². The summed E-state index contributed by atoms with van der Waals surface area (Å²) in [4.78, 5) is 18.9. The molecule has 0 saturated carbocycles. The number of methoxy groups -OCH3 is 1. The predicted octanol–water partition coefficient (Wildman–Crippen LogP) is 2.80. The van der Waals surface area contributed by atoms with Crippen LogP contribution in [0.3, 0.4) is 0 Å². The van der Waals surface area contributed by atoms with Crippen LogP contribution in [-0.2, 0) is 9.53 Å². The molecule has 0 unspecified atom stereocenters. The largest absolute Gasteiger partial charge is 0.385 e. The van der Waals surface area contributed by atoms with E-state index in [0.717, 1.165) is 47.7 Å². The lowest BCUT2D eigenvalue weighted by Crippen LogP contribution is -2.40. The Hall–Kier alpha value is -1.73. The highest BCUT2D eigenvalue weighted by molar-refractivity contribution is 7.22. The van der Waals surface area contributed by atoms with Crippen LogP contribution in [0.1, 0.15) is 19.3 Å². The third-order valence-corrected chi connectivity index (χ3v) is 5.38. The third-order valence-electron chi connectivity index (χ3n) is 4.30. The first-order chi connectivity index (χ1) is 11.7. The van der Waals surface area contributed by atoms with E-state index in [1.165, 1.54) is 23.5 Å². The second kappa shape index (κ2) is 7.90. The fourth-order valence-electron chi connectivity index (χ4n) is 2.93. The highest BCUT2D eigenvalue weighted by Crippen LogP contribution is 2.31. The molecule has 130 valence electrons. The van der Waals surface area contributed by atoms with Gasteiger partial charge in [-0.3, -0.25) is 4.79 Å². The Bertz CT molecular complexity index is 698. The Kier molecular flexibility index (Phi) is 5.63. The van der Waals surface area contributed by atoms with Crippen molar-refractivity contribution in [3.63, 3.8) is 0 Å². The van der Waals surface area contributed by atoms with Gasteiger partial charge in [-0.1, -0.05) is 11.3 Å². The van der Waals surface area contributed by atoms with Crippen molar-refractivity contribution in [1.29, 1.82) is 0 Å². The van der Waals surface area contributed by atoms with Gasteiger partial charge in [-0.2, -0.15) is 0 Å². The van der Waals surface area contributed by atoms with Crippen LogP contribution in [-0.4, -0.2) is 44.2 Å². The van der Waals surface area contributed by atoms with Gasteiger partial charge in [0.2, 0.25) is 5.91 Å². The molecule has 2 heterocycles. The number of aromatic nitrogens is 1. The Morgan fingerprint density at radius 3 is 3.00 bits per heavy atom. The van der Waals surface area contributed by atoms with Crippen molar-refractivity contribution in [1.82, 2.24) is 10.3 Å². The van der Waals surface area contributed by atoms with E-state index in [1.54, 1.807) is 13.2 Å². The van der Waals surface area contributed by atoms with Crippen molar-refractivity contribution >= 4 is 32.6 Å². The Labute approximate surface area is 144 Å². The van der Waals surface area contributed by atoms with Crippen LogP contribution in [0.5, 0.6) is 0 Å². The molecule has 5 nitrogen and oxygen atoms in total. The zero-order valence-corrected chi connectivity index (χ0v) is 14.6. The SMILES string of the molecule is COCCCNC(=O)C1CCN(c2nc3ccc(F)cc3s2)CC1. The highest BCUT2D eigenvalue weighted by atomic mass is 32.1. The number of halogens is 1. The fraction of sp³-hybridized carbons (Fsp3) is 0.529. The number of fused-ring (bicyclic) bond motifs is 1. The van der Waals surface area contributed by atoms with Crippen LogP contribution < -0.4 is 10.2 Å². The van der Waals surface area contributed by atoms with E-state index in [0.29, 0.717) is 13.2 Å². The number of anilines is 1. The van der Waals surface area contributed by atoms with Crippen LogP contribution in [0.25, 0.3) is 10.2 Å². The number of amides is 1. The molecular weight excluding hydrogens is 329 g/mol. The van der Waals surface area contributed by atoms with Gasteiger partial charge in [0.25, 0.3) is 0 Å². The maximum absolute atomic E-state index is 13.3. The van der Waals surface area contributed by atoms with Gasteiger partial charge in [0.15, 0.2) is 5.13 Å². The first kappa shape index (κ1) is 17.1. The molecule has 0 bridgehead atoms. The van der Waals surface area contributed by atoms with Crippen molar-refractivity contribution in [2.45, 2.75) is 19.3 Å². The second-order valence-corrected chi connectivity index (χ2v) is 7.02. The van der Waals surface area contributed by atoms with E-state index in [-0.39, 0.29) is 17.6 Å². The maximum Gasteiger partial charge on any atom is 0.223 e. The first-order valence-corrected chi connectivity index (χ1v) is 9.06. The van der Waals surface area contributed by atoms with E-state index in [9.17, 15) is 9.18 Å². The molecule has 3 rings (SSSR count). The molecule has 0 radical (unpaired) electrons. The summed E-state index contributed by atoms with van der Waals surface area (Å²) in [6, 6.07) is 4.67. The molecule has 1 N–H and O–H groups in total. The number of rotatable bonds is 6. The number of nitrogens with one attached hydrogen (secondary N) is 1. The number of hydrogen-bond donors (Lipinski definition) is 1. The lowest BCUT2D eigenvalue weighted by molar-refractivity contribution is -0.125. The lowest BCUT2D eigenvalue weighted by Gasteiger charge is -2.31. The molecule has 1 aromatic carbocycles. The van der Waals surface area contributed by atoms with Crippen molar-refractivity contribution < 1.29 is 13.9 Å². The second-order valence-electron chi connectivity index (χ2n) is 6.01. The van der Waals surface area contributed by atoms with Crippen molar-refractivity contribution in [3.8, 4) is 0 Å². The number of carbonyl (C=O) groups is 1. The summed E-state index contributed by atoms with van der Waals surface area (Å²) < 4.78 is 19.1. The van der Waals surface area contributed by atoms with Gasteiger partial charge in [-0.05, 0) is 37.5 Å². The van der Waals surface area contributed by atoms with E-state index in [2.05, 4.69) is 15.2 Å². The summed E-state index contributed by atoms with van der Waals surface area (Å²) in [5.41, 5.74) is 0.828. The van der Waals surface area contributed by atoms with Crippen molar-refractivity contribution in [2.24, 2.45) is 5.92 Å². The third kappa shape index (κ3) is 4.02. The summed E-state index contributed by atoms with van der Waals surface area (Å²) in [5, 5.41) is 3.89. The normalized spacial score (nSPS) is 15.8. The molecule has 1 fully saturated rings. The van der Waals surface area contributed by atoms with E-state index < -0.39 is 0 Å². The average Bonchev–Trinajstić information content (AvgIpc) is 3.02. The van der Waals surface area contributed by atoms with Crippen LogP contribution in [0.2, 0.25) is 0 Å². The number of thiazole rings is 1. The summed E-state index contributed by atoms with van der Waals surface area (Å²) >= 11 is 1.51. The number of hydrogen-bond acceptors (Lipinski definition) is 5. The van der Waals surface area contributed by atoms with Gasteiger partial charge in [0.05, 0.1) is 10.2 Å². The standard InChI is InChI=1S/C17H22FN3O2S/c1-23-10-2-7-19-16(22)12-5-8-21(9-6-12)17-20-14-4-3-13(18)11-15(14)24-17/h3-4,11-12H,2,5-10H2,1H3,(H,19,22). The molecule has 1 aliphatic rings. The van der Waals surface area contributed by atoms with Gasteiger partial charge in [-0.25, -0.2) is 9.37 Å². The smallest absolute Gasteiger partial charge is 0.223 e. The lowest BCUT2D eigenvalue weighted by atomic mass is 9.96. The summed E-state index contributed by atoms with van der Waals surface area (Å²) in [6.07, 6.45) is 2.48. The molecule has 0 spiro atoms. The minimum Gasteiger partial charge on any atom is -0.385 e. The van der Waals surface area contributed by atoms with Gasteiger partial charge in [-0.15, -0.1) is 0 Å². The number of nitrogens with zero attached hydrogens (tertiary/aromatic N) is 2. The van der Waals surface area contributed by atoms with Crippen LogP contribution in [0.4, 0.5) is 9.52 Å². The van der Waals surface area contributed by atoms with E-state index in [4.69, 9.17) is 4.74 Å². The molecule has 24 heavy (non-hydrogen) atoms. The highest BCUT2D eigenvalue weighted by Gasteiger charge is 2.26. The number of ether oxygens (including phenoxy) is 1. The minimum absolute atomic E-state index is 0.0654. The summed E-state index contributed by atoms with van der Waals surface area (Å²) in [7, 11) is 1.66. The average molecular weight is 351 g/mol. The Morgan fingerprint density at radius 2 is 2.25 bits per heavy atom. The molecule has 0 aliphatic carbocycles. The molecule has 1 aromatic heterocycles. The van der Waals surface area contributed by atoms with E-state index in [1.807, 2.05) is 0 Å². The number of benzene rings is 1. The van der Waals surface area contributed by atoms with Gasteiger partial charge < -0.3 is 15.0 Å². The van der Waals surface area contributed by atoms with E-state index >= 15 is 0 Å². The molecule has 1 amide bonds. The summed E-state index contributed by atoms with van der Waals surface area (Å²) in [5.74, 6) is -0.0331. The Balaban J connectivity index is 1.53.